The third-order valence-corrected chi connectivity index (χ3v) is 4.99. The molecule has 8 nitrogen and oxygen atoms in total. The molecule has 1 aliphatic rings. The standard InChI is InChI=1S/C18H23N7O/c1-20-16(26)10-15-23-17(11-6-8-12(19)9-7-11)25(24-15)18-21-13-4-2-3-5-14(13)22-18/h2-5,11-12H,6-10,19H2,1H3,(H,20,26)(H,21,22). The van der Waals surface area contributed by atoms with Gasteiger partial charge in [0.2, 0.25) is 11.9 Å². The molecule has 26 heavy (non-hydrogen) atoms. The lowest BCUT2D eigenvalue weighted by Gasteiger charge is -2.25. The van der Waals surface area contributed by atoms with Crippen LogP contribution >= 0.6 is 0 Å². The van der Waals surface area contributed by atoms with Crippen LogP contribution in [0, 0.1) is 0 Å². The number of para-hydroxylation sites is 2. The molecule has 1 saturated carbocycles. The van der Waals surface area contributed by atoms with Crippen LogP contribution in [-0.2, 0) is 11.2 Å². The number of nitrogens with zero attached hydrogens (tertiary/aromatic N) is 4. The molecular formula is C18H23N7O. The molecule has 8 heteroatoms. The van der Waals surface area contributed by atoms with E-state index in [1.54, 1.807) is 11.7 Å². The second kappa shape index (κ2) is 6.87. The zero-order chi connectivity index (χ0) is 18.1. The van der Waals surface area contributed by atoms with E-state index in [0.717, 1.165) is 42.5 Å². The quantitative estimate of drug-likeness (QED) is 0.656. The second-order valence-corrected chi connectivity index (χ2v) is 6.84. The van der Waals surface area contributed by atoms with Crippen LogP contribution in [0.25, 0.3) is 17.0 Å². The Morgan fingerprint density at radius 2 is 2.04 bits per heavy atom. The summed E-state index contributed by atoms with van der Waals surface area (Å²) in [6, 6.07) is 8.12. The van der Waals surface area contributed by atoms with Crippen molar-refractivity contribution in [1.82, 2.24) is 30.0 Å². The number of carbonyl (C=O) groups is 1. The van der Waals surface area contributed by atoms with E-state index in [0.29, 0.717) is 11.8 Å². The lowest BCUT2D eigenvalue weighted by Crippen LogP contribution is -2.27. The number of aromatic amines is 1. The number of amides is 1. The lowest BCUT2D eigenvalue weighted by atomic mass is 9.86. The highest BCUT2D eigenvalue weighted by molar-refractivity contribution is 5.77. The smallest absolute Gasteiger partial charge is 0.230 e. The van der Waals surface area contributed by atoms with Crippen LogP contribution in [0.2, 0.25) is 0 Å². The predicted molar refractivity (Wildman–Crippen MR) is 98.0 cm³/mol. The molecule has 2 heterocycles. The topological polar surface area (TPSA) is 115 Å². The first kappa shape index (κ1) is 16.7. The Balaban J connectivity index is 1.74. The van der Waals surface area contributed by atoms with E-state index in [1.807, 2.05) is 24.3 Å². The molecule has 1 aromatic carbocycles. The van der Waals surface area contributed by atoms with E-state index in [9.17, 15) is 4.79 Å². The summed E-state index contributed by atoms with van der Waals surface area (Å²) < 4.78 is 1.76. The largest absolute Gasteiger partial charge is 0.359 e. The zero-order valence-electron chi connectivity index (χ0n) is 14.8. The minimum Gasteiger partial charge on any atom is -0.359 e. The Morgan fingerprint density at radius 1 is 1.27 bits per heavy atom. The molecule has 0 spiro atoms. The van der Waals surface area contributed by atoms with Gasteiger partial charge in [0.25, 0.3) is 0 Å². The highest BCUT2D eigenvalue weighted by atomic mass is 16.1. The van der Waals surface area contributed by atoms with Crippen molar-refractivity contribution in [1.29, 1.82) is 0 Å². The van der Waals surface area contributed by atoms with Crippen LogP contribution in [0.15, 0.2) is 24.3 Å². The van der Waals surface area contributed by atoms with Crippen LogP contribution in [0.1, 0.15) is 43.3 Å². The number of likely N-dealkylation sites (N-methyl/N-ethyl adjacent to an activating group) is 1. The minimum absolute atomic E-state index is 0.107. The minimum atomic E-state index is -0.107. The molecule has 4 N–H and O–H groups in total. The number of hydrogen-bond donors (Lipinski definition) is 3. The van der Waals surface area contributed by atoms with Crippen LogP contribution in [0.3, 0.4) is 0 Å². The van der Waals surface area contributed by atoms with Gasteiger partial charge in [0.15, 0.2) is 5.82 Å². The van der Waals surface area contributed by atoms with Gasteiger partial charge in [-0.25, -0.2) is 9.97 Å². The molecule has 0 radical (unpaired) electrons. The molecular weight excluding hydrogens is 330 g/mol. The summed E-state index contributed by atoms with van der Waals surface area (Å²) in [5.41, 5.74) is 7.87. The summed E-state index contributed by atoms with van der Waals surface area (Å²) in [4.78, 5) is 24.4. The number of hydrogen-bond acceptors (Lipinski definition) is 5. The molecule has 2 aromatic heterocycles. The average Bonchev–Trinajstić information content (AvgIpc) is 3.26. The van der Waals surface area contributed by atoms with E-state index in [-0.39, 0.29) is 24.3 Å². The van der Waals surface area contributed by atoms with Crippen molar-refractivity contribution in [3.8, 4) is 5.95 Å². The summed E-state index contributed by atoms with van der Waals surface area (Å²) >= 11 is 0. The third kappa shape index (κ3) is 3.20. The number of aromatic nitrogens is 5. The molecule has 0 bridgehead atoms. The molecule has 1 aliphatic carbocycles. The zero-order valence-corrected chi connectivity index (χ0v) is 14.8. The summed E-state index contributed by atoms with van der Waals surface area (Å²) in [6.07, 6.45) is 4.05. The molecule has 1 fully saturated rings. The summed E-state index contributed by atoms with van der Waals surface area (Å²) in [5, 5.41) is 7.20. The van der Waals surface area contributed by atoms with Gasteiger partial charge in [-0.05, 0) is 37.8 Å². The predicted octanol–water partition coefficient (Wildman–Crippen LogP) is 1.42. The highest BCUT2D eigenvalue weighted by Crippen LogP contribution is 2.32. The van der Waals surface area contributed by atoms with Gasteiger partial charge < -0.3 is 16.0 Å². The van der Waals surface area contributed by atoms with E-state index < -0.39 is 0 Å². The first-order chi connectivity index (χ1) is 12.6. The van der Waals surface area contributed by atoms with Crippen molar-refractivity contribution in [3.63, 3.8) is 0 Å². The Hall–Kier alpha value is -2.74. The first-order valence-electron chi connectivity index (χ1n) is 9.01. The number of nitrogens with one attached hydrogen (secondary N) is 2. The van der Waals surface area contributed by atoms with E-state index in [4.69, 9.17) is 5.73 Å². The maximum Gasteiger partial charge on any atom is 0.230 e. The van der Waals surface area contributed by atoms with Crippen LogP contribution in [0.5, 0.6) is 0 Å². The van der Waals surface area contributed by atoms with E-state index >= 15 is 0 Å². The average molecular weight is 353 g/mol. The molecule has 0 saturated heterocycles. The van der Waals surface area contributed by atoms with Crippen LogP contribution in [0.4, 0.5) is 0 Å². The van der Waals surface area contributed by atoms with E-state index in [2.05, 4.69) is 25.4 Å². The van der Waals surface area contributed by atoms with Crippen molar-refractivity contribution in [3.05, 3.63) is 35.9 Å². The molecule has 0 atom stereocenters. The number of carbonyl (C=O) groups excluding carboxylic acids is 1. The lowest BCUT2D eigenvalue weighted by molar-refractivity contribution is -0.120. The van der Waals surface area contributed by atoms with Gasteiger partial charge >= 0.3 is 0 Å². The molecule has 0 unspecified atom stereocenters. The number of benzene rings is 1. The number of H-pyrrole nitrogens is 1. The molecule has 0 aliphatic heterocycles. The Bertz CT molecular complexity index is 888. The van der Waals surface area contributed by atoms with Gasteiger partial charge in [0, 0.05) is 19.0 Å². The van der Waals surface area contributed by atoms with Gasteiger partial charge in [0.1, 0.15) is 5.82 Å². The van der Waals surface area contributed by atoms with Crippen molar-refractivity contribution in [2.75, 3.05) is 7.05 Å². The third-order valence-electron chi connectivity index (χ3n) is 4.99. The van der Waals surface area contributed by atoms with Crippen molar-refractivity contribution in [2.45, 2.75) is 44.1 Å². The van der Waals surface area contributed by atoms with Crippen molar-refractivity contribution < 1.29 is 4.79 Å². The molecule has 4 rings (SSSR count). The summed E-state index contributed by atoms with van der Waals surface area (Å²) in [7, 11) is 1.61. The van der Waals surface area contributed by atoms with Gasteiger partial charge in [-0.2, -0.15) is 4.68 Å². The van der Waals surface area contributed by atoms with Gasteiger partial charge in [-0.3, -0.25) is 4.79 Å². The van der Waals surface area contributed by atoms with Crippen molar-refractivity contribution >= 4 is 16.9 Å². The fourth-order valence-corrected chi connectivity index (χ4v) is 3.51. The molecule has 136 valence electrons. The number of imidazole rings is 1. The Labute approximate surface area is 151 Å². The van der Waals surface area contributed by atoms with Gasteiger partial charge in [-0.15, -0.1) is 5.10 Å². The maximum atomic E-state index is 11.8. The normalized spacial score (nSPS) is 20.4. The Morgan fingerprint density at radius 3 is 2.77 bits per heavy atom. The van der Waals surface area contributed by atoms with Gasteiger partial charge in [0.05, 0.1) is 17.5 Å². The van der Waals surface area contributed by atoms with E-state index in [1.165, 1.54) is 0 Å². The van der Waals surface area contributed by atoms with Gasteiger partial charge in [-0.1, -0.05) is 12.1 Å². The first-order valence-corrected chi connectivity index (χ1v) is 9.01. The summed E-state index contributed by atoms with van der Waals surface area (Å²) in [5.74, 6) is 2.16. The fourth-order valence-electron chi connectivity index (χ4n) is 3.51. The van der Waals surface area contributed by atoms with Crippen LogP contribution in [-0.4, -0.2) is 43.7 Å². The number of fused-ring (bicyclic) bond motifs is 1. The summed E-state index contributed by atoms with van der Waals surface area (Å²) in [6.45, 7) is 0. The van der Waals surface area contributed by atoms with Crippen molar-refractivity contribution in [2.24, 2.45) is 5.73 Å². The SMILES string of the molecule is CNC(=O)Cc1nc(C2CCC(N)CC2)n(-c2nc3ccccc3[nH]2)n1. The van der Waals surface area contributed by atoms with Crippen LogP contribution < -0.4 is 11.1 Å². The monoisotopic (exact) mass is 353 g/mol. The molecule has 3 aromatic rings. The second-order valence-electron chi connectivity index (χ2n) is 6.84. The Kier molecular flexibility index (Phi) is 4.42. The number of rotatable bonds is 4. The maximum absolute atomic E-state index is 11.8. The fraction of sp³-hybridized carbons (Fsp3) is 0.444. The number of nitrogens with two attached hydrogens (primary N) is 1. The highest BCUT2D eigenvalue weighted by Gasteiger charge is 2.27. The molecule has 1 amide bonds.